The van der Waals surface area contributed by atoms with E-state index in [-0.39, 0.29) is 0 Å². The van der Waals surface area contributed by atoms with Gasteiger partial charge in [0.05, 0.1) is 16.8 Å². The molecule has 0 aliphatic rings. The standard InChI is InChI=1S/C46H29NO2/c1-3-12-30(13-4-1)33-23-27-40(39(28-33)31-14-5-2-6-15-31)47(34-24-26-37-36-18-9-10-20-42(36)48-44(37)29-34)41-19-11-21-43-45(41)38-25-22-32-16-7-8-17-35(32)46(38)49-43/h1-29H. The number of rotatable bonds is 5. The van der Waals surface area contributed by atoms with Gasteiger partial charge in [-0.2, -0.15) is 0 Å². The summed E-state index contributed by atoms with van der Waals surface area (Å²) in [4.78, 5) is 2.37. The fourth-order valence-electron chi connectivity index (χ4n) is 7.37. The van der Waals surface area contributed by atoms with E-state index in [0.717, 1.165) is 88.4 Å². The zero-order chi connectivity index (χ0) is 32.3. The molecule has 10 aromatic rings. The quantitative estimate of drug-likeness (QED) is 0.190. The normalized spacial score (nSPS) is 11.7. The fourth-order valence-corrected chi connectivity index (χ4v) is 7.37. The lowest BCUT2D eigenvalue weighted by atomic mass is 9.95. The van der Waals surface area contributed by atoms with E-state index < -0.39 is 0 Å². The Morgan fingerprint density at radius 1 is 0.367 bits per heavy atom. The minimum Gasteiger partial charge on any atom is -0.456 e. The number of benzene rings is 8. The third-order valence-corrected chi connectivity index (χ3v) is 9.66. The highest BCUT2D eigenvalue weighted by atomic mass is 16.3. The number of nitrogens with zero attached hydrogens (tertiary/aromatic N) is 1. The zero-order valence-electron chi connectivity index (χ0n) is 26.5. The third-order valence-electron chi connectivity index (χ3n) is 9.66. The predicted molar refractivity (Wildman–Crippen MR) is 204 cm³/mol. The van der Waals surface area contributed by atoms with Gasteiger partial charge in [0.25, 0.3) is 0 Å². The molecule has 0 saturated heterocycles. The second-order valence-corrected chi connectivity index (χ2v) is 12.5. The molecule has 230 valence electrons. The predicted octanol–water partition coefficient (Wildman–Crippen LogP) is 13.4. The largest absolute Gasteiger partial charge is 0.456 e. The monoisotopic (exact) mass is 627 g/mol. The van der Waals surface area contributed by atoms with E-state index in [9.17, 15) is 0 Å². The fraction of sp³-hybridized carbons (Fsp3) is 0. The number of hydrogen-bond donors (Lipinski definition) is 0. The van der Waals surface area contributed by atoms with E-state index in [1.807, 2.05) is 12.1 Å². The highest BCUT2D eigenvalue weighted by Crippen LogP contribution is 2.48. The first-order valence-electron chi connectivity index (χ1n) is 16.6. The Kier molecular flexibility index (Phi) is 6.18. The van der Waals surface area contributed by atoms with Crippen LogP contribution >= 0.6 is 0 Å². The summed E-state index contributed by atoms with van der Waals surface area (Å²) in [5, 5.41) is 6.63. The molecule has 10 rings (SSSR count). The lowest BCUT2D eigenvalue weighted by Gasteiger charge is -2.29. The van der Waals surface area contributed by atoms with Crippen LogP contribution in [-0.2, 0) is 0 Å². The van der Waals surface area contributed by atoms with Gasteiger partial charge in [0.2, 0.25) is 0 Å². The molecule has 0 saturated carbocycles. The van der Waals surface area contributed by atoms with E-state index in [2.05, 4.69) is 169 Å². The summed E-state index contributed by atoms with van der Waals surface area (Å²) in [5.41, 5.74) is 11.2. The molecule has 0 bridgehead atoms. The van der Waals surface area contributed by atoms with E-state index in [1.165, 1.54) is 5.56 Å². The van der Waals surface area contributed by atoms with Crippen LogP contribution in [0, 0.1) is 0 Å². The van der Waals surface area contributed by atoms with Crippen LogP contribution < -0.4 is 4.90 Å². The molecule has 8 aromatic carbocycles. The van der Waals surface area contributed by atoms with Gasteiger partial charge in [-0.15, -0.1) is 0 Å². The number of para-hydroxylation sites is 1. The average Bonchev–Trinajstić information content (AvgIpc) is 3.75. The Balaban J connectivity index is 1.29. The van der Waals surface area contributed by atoms with Gasteiger partial charge in [-0.05, 0) is 70.6 Å². The molecule has 2 heterocycles. The van der Waals surface area contributed by atoms with Crippen LogP contribution in [0.5, 0.6) is 0 Å². The van der Waals surface area contributed by atoms with Crippen LogP contribution in [0.2, 0.25) is 0 Å². The van der Waals surface area contributed by atoms with Gasteiger partial charge in [0.1, 0.15) is 22.3 Å². The topological polar surface area (TPSA) is 29.5 Å². The lowest BCUT2D eigenvalue weighted by Crippen LogP contribution is -2.11. The number of anilines is 3. The second kappa shape index (κ2) is 11.0. The molecule has 0 radical (unpaired) electrons. The Labute approximate surface area is 282 Å². The van der Waals surface area contributed by atoms with Crippen molar-refractivity contribution in [3.63, 3.8) is 0 Å². The van der Waals surface area contributed by atoms with Crippen molar-refractivity contribution in [2.24, 2.45) is 0 Å². The Hall–Kier alpha value is -6.58. The zero-order valence-corrected chi connectivity index (χ0v) is 26.5. The lowest BCUT2D eigenvalue weighted by molar-refractivity contribution is 0.669. The maximum atomic E-state index is 6.69. The first-order chi connectivity index (χ1) is 24.3. The Bertz CT molecular complexity index is 2830. The van der Waals surface area contributed by atoms with Crippen molar-refractivity contribution in [2.45, 2.75) is 0 Å². The maximum Gasteiger partial charge on any atom is 0.143 e. The van der Waals surface area contributed by atoms with Crippen molar-refractivity contribution >= 4 is 71.7 Å². The molecule has 0 aliphatic heterocycles. The minimum atomic E-state index is 0.848. The van der Waals surface area contributed by atoms with Gasteiger partial charge >= 0.3 is 0 Å². The molecule has 0 N–H and O–H groups in total. The van der Waals surface area contributed by atoms with Crippen LogP contribution in [0.3, 0.4) is 0 Å². The summed E-state index contributed by atoms with van der Waals surface area (Å²) >= 11 is 0. The SMILES string of the molecule is c1ccc(-c2ccc(N(c3ccc4c(c3)oc3ccccc34)c3cccc4oc5c6ccccc6ccc5c34)c(-c3ccccc3)c2)cc1. The number of furan rings is 2. The molecule has 2 aromatic heterocycles. The van der Waals surface area contributed by atoms with Crippen LogP contribution in [0.15, 0.2) is 185 Å². The van der Waals surface area contributed by atoms with E-state index >= 15 is 0 Å². The molecule has 0 spiro atoms. The van der Waals surface area contributed by atoms with E-state index in [0.29, 0.717) is 0 Å². The number of hydrogen-bond acceptors (Lipinski definition) is 3. The van der Waals surface area contributed by atoms with E-state index in [1.54, 1.807) is 0 Å². The van der Waals surface area contributed by atoms with Crippen molar-refractivity contribution < 1.29 is 8.83 Å². The van der Waals surface area contributed by atoms with Crippen LogP contribution in [0.1, 0.15) is 0 Å². The van der Waals surface area contributed by atoms with Crippen LogP contribution in [0.4, 0.5) is 17.1 Å². The molecule has 3 nitrogen and oxygen atoms in total. The van der Waals surface area contributed by atoms with Crippen molar-refractivity contribution in [1.82, 2.24) is 0 Å². The second-order valence-electron chi connectivity index (χ2n) is 12.5. The van der Waals surface area contributed by atoms with Crippen molar-refractivity contribution in [2.75, 3.05) is 4.90 Å². The summed E-state index contributed by atoms with van der Waals surface area (Å²) in [6, 6.07) is 62.0. The van der Waals surface area contributed by atoms with Crippen LogP contribution in [-0.4, -0.2) is 0 Å². The summed E-state index contributed by atoms with van der Waals surface area (Å²) in [6.45, 7) is 0. The maximum absolute atomic E-state index is 6.69. The smallest absolute Gasteiger partial charge is 0.143 e. The molecule has 0 atom stereocenters. The van der Waals surface area contributed by atoms with E-state index in [4.69, 9.17) is 8.83 Å². The first-order valence-corrected chi connectivity index (χ1v) is 16.6. The van der Waals surface area contributed by atoms with Crippen molar-refractivity contribution in [3.05, 3.63) is 176 Å². The summed E-state index contributed by atoms with van der Waals surface area (Å²) in [5.74, 6) is 0. The summed E-state index contributed by atoms with van der Waals surface area (Å²) in [6.07, 6.45) is 0. The molecular weight excluding hydrogens is 599 g/mol. The van der Waals surface area contributed by atoms with Gasteiger partial charge in [0, 0.05) is 38.9 Å². The highest BCUT2D eigenvalue weighted by molar-refractivity contribution is 6.20. The van der Waals surface area contributed by atoms with Gasteiger partial charge in [-0.3, -0.25) is 0 Å². The molecule has 0 aliphatic carbocycles. The molecule has 0 amide bonds. The van der Waals surface area contributed by atoms with Gasteiger partial charge < -0.3 is 13.7 Å². The summed E-state index contributed by atoms with van der Waals surface area (Å²) in [7, 11) is 0. The average molecular weight is 628 g/mol. The number of fused-ring (bicyclic) bond motifs is 8. The van der Waals surface area contributed by atoms with Crippen LogP contribution in [0.25, 0.3) is 76.9 Å². The molecule has 3 heteroatoms. The van der Waals surface area contributed by atoms with Gasteiger partial charge in [-0.1, -0.05) is 121 Å². The molecule has 0 unspecified atom stereocenters. The Morgan fingerprint density at radius 2 is 1.06 bits per heavy atom. The van der Waals surface area contributed by atoms with Gasteiger partial charge in [0.15, 0.2) is 0 Å². The molecule has 49 heavy (non-hydrogen) atoms. The first kappa shape index (κ1) is 27.5. The minimum absolute atomic E-state index is 0.848. The highest BCUT2D eigenvalue weighted by Gasteiger charge is 2.24. The summed E-state index contributed by atoms with van der Waals surface area (Å²) < 4.78 is 13.1. The third kappa shape index (κ3) is 4.44. The Morgan fingerprint density at radius 3 is 1.92 bits per heavy atom. The van der Waals surface area contributed by atoms with Crippen molar-refractivity contribution in [1.29, 1.82) is 0 Å². The molecule has 0 fully saturated rings. The molecular formula is C46H29NO2. The van der Waals surface area contributed by atoms with Crippen molar-refractivity contribution in [3.8, 4) is 22.3 Å². The van der Waals surface area contributed by atoms with Gasteiger partial charge in [-0.25, -0.2) is 0 Å².